The molecule has 1 unspecified atom stereocenters. The molecule has 2 aromatic rings. The van der Waals surface area contributed by atoms with E-state index in [-0.39, 0.29) is 18.3 Å². The van der Waals surface area contributed by atoms with Crippen molar-refractivity contribution in [3.63, 3.8) is 0 Å². The third-order valence-electron chi connectivity index (χ3n) is 3.94. The first-order valence-electron chi connectivity index (χ1n) is 7.81. The van der Waals surface area contributed by atoms with Gasteiger partial charge in [-0.15, -0.1) is 0 Å². The standard InChI is InChI=1S/C17H18BrNO5S/c1-22-7-8-23-17-13(25(2)21)6-5-11(14(17)18)15(20)12-9-19-24-16(12)10-3-4-10/h5-6,9-10H,3-4,7-8H2,1-2H3. The lowest BCUT2D eigenvalue weighted by atomic mass is 10.0. The van der Waals surface area contributed by atoms with Gasteiger partial charge in [0.1, 0.15) is 12.9 Å². The molecular weight excluding hydrogens is 410 g/mol. The van der Waals surface area contributed by atoms with Crippen LogP contribution in [-0.4, -0.2) is 42.1 Å². The molecule has 8 heteroatoms. The number of ether oxygens (including phenoxy) is 2. The van der Waals surface area contributed by atoms with Gasteiger partial charge in [-0.05, 0) is 52.1 Å². The Bertz CT molecular complexity index is 772. The molecule has 0 bridgehead atoms. The van der Waals surface area contributed by atoms with E-state index >= 15 is 0 Å². The van der Waals surface area contributed by atoms with E-state index in [2.05, 4.69) is 21.1 Å². The number of carbonyl (C=O) groups excluding carboxylic acids is 1. The molecule has 25 heavy (non-hydrogen) atoms. The van der Waals surface area contributed by atoms with Crippen LogP contribution in [0, 0.1) is 0 Å². The van der Waals surface area contributed by atoms with Gasteiger partial charge in [0, 0.05) is 18.6 Å². The Morgan fingerprint density at radius 3 is 2.80 bits per heavy atom. The van der Waals surface area contributed by atoms with E-state index in [4.69, 9.17) is 14.0 Å². The average Bonchev–Trinajstić information content (AvgIpc) is 3.32. The summed E-state index contributed by atoms with van der Waals surface area (Å²) in [7, 11) is 1.57. The van der Waals surface area contributed by atoms with Crippen molar-refractivity contribution in [2.75, 3.05) is 26.6 Å². The Morgan fingerprint density at radius 1 is 1.40 bits per heavy atom. The van der Waals surface area contributed by atoms with Crippen molar-refractivity contribution in [1.29, 1.82) is 0 Å². The first kappa shape index (κ1) is 18.4. The van der Waals surface area contributed by atoms with Crippen LogP contribution in [0.15, 0.2) is 32.2 Å². The van der Waals surface area contributed by atoms with Crippen molar-refractivity contribution in [2.45, 2.75) is 23.7 Å². The minimum absolute atomic E-state index is 0.194. The highest BCUT2D eigenvalue weighted by Crippen LogP contribution is 2.43. The molecule has 134 valence electrons. The van der Waals surface area contributed by atoms with Gasteiger partial charge in [0.25, 0.3) is 0 Å². The van der Waals surface area contributed by atoms with E-state index in [1.807, 2.05) is 0 Å². The van der Waals surface area contributed by atoms with E-state index in [0.717, 1.165) is 12.8 Å². The lowest BCUT2D eigenvalue weighted by Crippen LogP contribution is -2.11. The van der Waals surface area contributed by atoms with Crippen LogP contribution < -0.4 is 4.74 Å². The number of aromatic nitrogens is 1. The highest BCUT2D eigenvalue weighted by atomic mass is 79.9. The molecule has 1 heterocycles. The zero-order chi connectivity index (χ0) is 18.0. The minimum atomic E-state index is -1.25. The van der Waals surface area contributed by atoms with E-state index < -0.39 is 11.2 Å². The van der Waals surface area contributed by atoms with Crippen LogP contribution >= 0.6 is 15.9 Å². The Morgan fingerprint density at radius 2 is 2.16 bits per heavy atom. The highest BCUT2D eigenvalue weighted by molar-refractivity contribution is 9.10. The van der Waals surface area contributed by atoms with E-state index in [0.29, 0.717) is 38.6 Å². The number of rotatable bonds is 8. The molecule has 1 atom stereocenters. The summed E-state index contributed by atoms with van der Waals surface area (Å²) in [5.41, 5.74) is 0.892. The predicted molar refractivity (Wildman–Crippen MR) is 95.8 cm³/mol. The number of carbonyl (C=O) groups is 1. The molecule has 1 aromatic heterocycles. The summed E-state index contributed by atoms with van der Waals surface area (Å²) in [5, 5.41) is 3.78. The summed E-state index contributed by atoms with van der Waals surface area (Å²) in [6.07, 6.45) is 5.04. The maximum atomic E-state index is 13.0. The lowest BCUT2D eigenvalue weighted by Gasteiger charge is -2.15. The number of benzene rings is 1. The molecule has 1 aromatic carbocycles. The molecule has 0 spiro atoms. The van der Waals surface area contributed by atoms with Crippen LogP contribution in [0.2, 0.25) is 0 Å². The molecule has 0 amide bonds. The van der Waals surface area contributed by atoms with Gasteiger partial charge < -0.3 is 18.5 Å². The summed E-state index contributed by atoms with van der Waals surface area (Å²) in [6.45, 7) is 0.676. The van der Waals surface area contributed by atoms with Crippen molar-refractivity contribution in [1.82, 2.24) is 5.16 Å². The molecule has 1 fully saturated rings. The van der Waals surface area contributed by atoms with Gasteiger partial charge in [0.05, 0.1) is 22.8 Å². The largest absolute Gasteiger partial charge is 0.612 e. The van der Waals surface area contributed by atoms with Crippen molar-refractivity contribution < 1.29 is 23.3 Å². The zero-order valence-electron chi connectivity index (χ0n) is 13.9. The van der Waals surface area contributed by atoms with Crippen LogP contribution in [0.25, 0.3) is 0 Å². The van der Waals surface area contributed by atoms with Gasteiger partial charge in [-0.2, -0.15) is 0 Å². The second kappa shape index (κ2) is 7.90. The number of ketones is 1. The fraction of sp³-hybridized carbons (Fsp3) is 0.412. The second-order valence-electron chi connectivity index (χ2n) is 5.76. The third kappa shape index (κ3) is 3.92. The summed E-state index contributed by atoms with van der Waals surface area (Å²) in [5.74, 6) is 1.12. The maximum absolute atomic E-state index is 13.0. The number of halogens is 1. The summed E-state index contributed by atoms with van der Waals surface area (Å²) < 4.78 is 28.4. The Hall–Kier alpha value is -1.35. The molecule has 0 saturated heterocycles. The fourth-order valence-corrected chi connectivity index (χ4v) is 3.96. The number of hydrogen-bond donors (Lipinski definition) is 0. The molecule has 1 saturated carbocycles. The first-order valence-corrected chi connectivity index (χ1v) is 10.2. The van der Waals surface area contributed by atoms with Crippen molar-refractivity contribution in [3.8, 4) is 5.75 Å². The Labute approximate surface area is 157 Å². The number of hydrogen-bond acceptors (Lipinski definition) is 6. The van der Waals surface area contributed by atoms with Gasteiger partial charge in [-0.1, -0.05) is 5.16 Å². The highest BCUT2D eigenvalue weighted by Gasteiger charge is 2.34. The minimum Gasteiger partial charge on any atom is -0.612 e. The van der Waals surface area contributed by atoms with Crippen LogP contribution in [-0.2, 0) is 15.9 Å². The predicted octanol–water partition coefficient (Wildman–Crippen LogP) is 3.31. The number of methoxy groups -OCH3 is 1. The second-order valence-corrected chi connectivity index (χ2v) is 7.90. The molecule has 6 nitrogen and oxygen atoms in total. The first-order chi connectivity index (χ1) is 12.0. The Kier molecular flexibility index (Phi) is 5.83. The monoisotopic (exact) mass is 427 g/mol. The Balaban J connectivity index is 1.96. The van der Waals surface area contributed by atoms with Crippen LogP contribution in [0.3, 0.4) is 0 Å². The van der Waals surface area contributed by atoms with Crippen molar-refractivity contribution in [3.05, 3.63) is 39.7 Å². The molecule has 1 aliphatic rings. The normalized spacial score (nSPS) is 15.2. The summed E-state index contributed by atoms with van der Waals surface area (Å²) in [4.78, 5) is 13.5. The smallest absolute Gasteiger partial charge is 0.199 e. The molecular formula is C17H18BrNO5S. The van der Waals surface area contributed by atoms with Crippen molar-refractivity contribution in [2.24, 2.45) is 0 Å². The fourth-order valence-electron chi connectivity index (χ4n) is 2.51. The number of nitrogens with zero attached hydrogens (tertiary/aromatic N) is 1. The summed E-state index contributed by atoms with van der Waals surface area (Å²) >= 11 is 2.19. The van der Waals surface area contributed by atoms with Crippen LogP contribution in [0.4, 0.5) is 0 Å². The molecule has 0 aliphatic heterocycles. The SMILES string of the molecule is COCCOc1c([S+](C)[O-])ccc(C(=O)c2cnoc2C2CC2)c1Br. The van der Waals surface area contributed by atoms with Gasteiger partial charge in [0.2, 0.25) is 0 Å². The van der Waals surface area contributed by atoms with Gasteiger partial charge in [-0.25, -0.2) is 0 Å². The zero-order valence-corrected chi connectivity index (χ0v) is 16.3. The van der Waals surface area contributed by atoms with E-state index in [9.17, 15) is 9.35 Å². The molecule has 0 radical (unpaired) electrons. The van der Waals surface area contributed by atoms with E-state index in [1.165, 1.54) is 6.20 Å². The van der Waals surface area contributed by atoms with Crippen LogP contribution in [0.1, 0.15) is 40.4 Å². The van der Waals surface area contributed by atoms with Gasteiger partial charge in [-0.3, -0.25) is 4.79 Å². The molecule has 3 rings (SSSR count). The van der Waals surface area contributed by atoms with Gasteiger partial charge >= 0.3 is 0 Å². The quantitative estimate of drug-likeness (QED) is 0.365. The van der Waals surface area contributed by atoms with E-state index in [1.54, 1.807) is 25.5 Å². The lowest BCUT2D eigenvalue weighted by molar-refractivity contribution is 0.103. The van der Waals surface area contributed by atoms with Crippen molar-refractivity contribution >= 4 is 32.9 Å². The average molecular weight is 428 g/mol. The molecule has 1 aliphatic carbocycles. The van der Waals surface area contributed by atoms with Crippen LogP contribution in [0.5, 0.6) is 5.75 Å². The third-order valence-corrected chi connectivity index (χ3v) is 5.67. The summed E-state index contributed by atoms with van der Waals surface area (Å²) in [6, 6.07) is 3.30. The maximum Gasteiger partial charge on any atom is 0.199 e. The topological polar surface area (TPSA) is 84.6 Å². The van der Waals surface area contributed by atoms with Gasteiger partial charge in [0.15, 0.2) is 22.2 Å². The molecule has 0 N–H and O–H groups in total.